The Balaban J connectivity index is 2.61. The Morgan fingerprint density at radius 3 is 2.59 bits per heavy atom. The van der Waals surface area contributed by atoms with Gasteiger partial charge in [-0.25, -0.2) is 4.79 Å². The highest BCUT2D eigenvalue weighted by molar-refractivity contribution is 5.94. The molecule has 1 N–H and O–H groups in total. The number of hydrogen-bond donors (Lipinski definition) is 1. The topological polar surface area (TPSA) is 85.7 Å². The third-order valence-corrected chi connectivity index (χ3v) is 2.67. The summed E-state index contributed by atoms with van der Waals surface area (Å²) in [6.07, 6.45) is 0. The summed E-state index contributed by atoms with van der Waals surface area (Å²) in [5, 5.41) is 14.5. The molecule has 0 atom stereocenters. The maximum Gasteiger partial charge on any atom is 0.360 e. The SMILES string of the molecule is COC(=O)c1n[nH]nc1-c1c(C)nn(C)c1C. The van der Waals surface area contributed by atoms with Crippen LogP contribution in [0.15, 0.2) is 0 Å². The first-order valence-electron chi connectivity index (χ1n) is 5.06. The number of aryl methyl sites for hydroxylation is 2. The van der Waals surface area contributed by atoms with Crippen LogP contribution in [0.2, 0.25) is 0 Å². The number of rotatable bonds is 2. The predicted octanol–water partition coefficient (Wildman–Crippen LogP) is 0.609. The van der Waals surface area contributed by atoms with Crippen molar-refractivity contribution in [3.63, 3.8) is 0 Å². The highest BCUT2D eigenvalue weighted by atomic mass is 16.5. The van der Waals surface area contributed by atoms with Gasteiger partial charge in [0, 0.05) is 18.3 Å². The molecule has 0 bridgehead atoms. The van der Waals surface area contributed by atoms with Gasteiger partial charge in [0.2, 0.25) is 0 Å². The smallest absolute Gasteiger partial charge is 0.360 e. The molecule has 0 aliphatic rings. The molecular weight excluding hydrogens is 222 g/mol. The predicted molar refractivity (Wildman–Crippen MR) is 59.4 cm³/mol. The second-order valence-corrected chi connectivity index (χ2v) is 3.68. The van der Waals surface area contributed by atoms with E-state index in [-0.39, 0.29) is 5.69 Å². The van der Waals surface area contributed by atoms with Crippen molar-refractivity contribution in [1.29, 1.82) is 0 Å². The van der Waals surface area contributed by atoms with Crippen LogP contribution in [0.4, 0.5) is 0 Å². The second-order valence-electron chi connectivity index (χ2n) is 3.68. The van der Waals surface area contributed by atoms with Gasteiger partial charge in [0.05, 0.1) is 12.8 Å². The van der Waals surface area contributed by atoms with Gasteiger partial charge in [-0.3, -0.25) is 4.68 Å². The van der Waals surface area contributed by atoms with Gasteiger partial charge >= 0.3 is 5.97 Å². The number of esters is 1. The van der Waals surface area contributed by atoms with Crippen molar-refractivity contribution in [1.82, 2.24) is 25.2 Å². The average molecular weight is 235 g/mol. The van der Waals surface area contributed by atoms with Crippen LogP contribution in [0.1, 0.15) is 21.9 Å². The zero-order valence-electron chi connectivity index (χ0n) is 10.1. The van der Waals surface area contributed by atoms with E-state index >= 15 is 0 Å². The van der Waals surface area contributed by atoms with Crippen molar-refractivity contribution in [3.05, 3.63) is 17.1 Å². The quantitative estimate of drug-likeness (QED) is 0.771. The van der Waals surface area contributed by atoms with E-state index < -0.39 is 5.97 Å². The molecule has 0 spiro atoms. The number of methoxy groups -OCH3 is 1. The molecule has 7 heteroatoms. The molecule has 0 unspecified atom stereocenters. The van der Waals surface area contributed by atoms with Crippen molar-refractivity contribution in [2.24, 2.45) is 7.05 Å². The van der Waals surface area contributed by atoms with Crippen LogP contribution in [-0.2, 0) is 11.8 Å². The van der Waals surface area contributed by atoms with E-state index in [2.05, 4.69) is 25.2 Å². The number of carbonyl (C=O) groups excluding carboxylic acids is 1. The minimum Gasteiger partial charge on any atom is -0.464 e. The van der Waals surface area contributed by atoms with E-state index in [0.29, 0.717) is 5.69 Å². The van der Waals surface area contributed by atoms with Crippen molar-refractivity contribution in [2.75, 3.05) is 7.11 Å². The van der Waals surface area contributed by atoms with E-state index in [9.17, 15) is 4.79 Å². The van der Waals surface area contributed by atoms with E-state index in [1.54, 1.807) is 4.68 Å². The molecule has 2 heterocycles. The summed E-state index contributed by atoms with van der Waals surface area (Å²) in [4.78, 5) is 11.5. The third kappa shape index (κ3) is 1.69. The lowest BCUT2D eigenvalue weighted by Crippen LogP contribution is -2.04. The number of H-pyrrole nitrogens is 1. The van der Waals surface area contributed by atoms with Gasteiger partial charge < -0.3 is 4.74 Å². The van der Waals surface area contributed by atoms with Gasteiger partial charge in [-0.15, -0.1) is 5.10 Å². The number of nitrogens with one attached hydrogen (secondary N) is 1. The standard InChI is InChI=1S/C10H13N5O2/c1-5-7(6(2)15(3)13-5)8-9(10(16)17-4)12-14-11-8/h1-4H3,(H,11,12,14). The Hall–Kier alpha value is -2.18. The number of ether oxygens (including phenoxy) is 1. The number of nitrogens with zero attached hydrogens (tertiary/aromatic N) is 4. The van der Waals surface area contributed by atoms with Crippen LogP contribution >= 0.6 is 0 Å². The minimum absolute atomic E-state index is 0.173. The molecule has 90 valence electrons. The number of aromatic nitrogens is 5. The van der Waals surface area contributed by atoms with Gasteiger partial charge in [-0.2, -0.15) is 15.4 Å². The van der Waals surface area contributed by atoms with Crippen LogP contribution in [0.5, 0.6) is 0 Å². The third-order valence-electron chi connectivity index (χ3n) is 2.67. The zero-order valence-corrected chi connectivity index (χ0v) is 10.1. The molecule has 2 rings (SSSR count). The number of carbonyl (C=O) groups is 1. The van der Waals surface area contributed by atoms with Crippen molar-refractivity contribution >= 4 is 5.97 Å². The monoisotopic (exact) mass is 235 g/mol. The summed E-state index contributed by atoms with van der Waals surface area (Å²) < 4.78 is 6.39. The summed E-state index contributed by atoms with van der Waals surface area (Å²) in [6.45, 7) is 3.77. The fourth-order valence-corrected chi connectivity index (χ4v) is 1.76. The molecule has 0 fully saturated rings. The van der Waals surface area contributed by atoms with Crippen LogP contribution in [-0.4, -0.2) is 38.3 Å². The Morgan fingerprint density at radius 2 is 2.06 bits per heavy atom. The lowest BCUT2D eigenvalue weighted by molar-refractivity contribution is 0.0595. The summed E-state index contributed by atoms with van der Waals surface area (Å²) in [5.41, 5.74) is 3.17. The Labute approximate surface area is 97.8 Å². The molecule has 0 aliphatic heterocycles. The molecule has 17 heavy (non-hydrogen) atoms. The zero-order chi connectivity index (χ0) is 12.6. The molecule has 0 radical (unpaired) electrons. The van der Waals surface area contributed by atoms with E-state index in [4.69, 9.17) is 0 Å². The second kappa shape index (κ2) is 4.00. The van der Waals surface area contributed by atoms with Crippen LogP contribution in [0, 0.1) is 13.8 Å². The number of aromatic amines is 1. The summed E-state index contributed by atoms with van der Waals surface area (Å²) in [6, 6.07) is 0. The van der Waals surface area contributed by atoms with Crippen molar-refractivity contribution < 1.29 is 9.53 Å². The van der Waals surface area contributed by atoms with Crippen LogP contribution in [0.25, 0.3) is 11.3 Å². The Kier molecular flexibility index (Phi) is 2.66. The molecule has 2 aromatic rings. The molecule has 7 nitrogen and oxygen atoms in total. The van der Waals surface area contributed by atoms with Gasteiger partial charge in [-0.05, 0) is 13.8 Å². The first-order chi connectivity index (χ1) is 8.06. The Morgan fingerprint density at radius 1 is 1.35 bits per heavy atom. The minimum atomic E-state index is -0.517. The van der Waals surface area contributed by atoms with E-state index in [1.165, 1.54) is 7.11 Å². The van der Waals surface area contributed by atoms with Gasteiger partial charge in [0.15, 0.2) is 5.69 Å². The van der Waals surface area contributed by atoms with E-state index in [0.717, 1.165) is 17.0 Å². The van der Waals surface area contributed by atoms with Crippen molar-refractivity contribution in [3.8, 4) is 11.3 Å². The van der Waals surface area contributed by atoms with Gasteiger partial charge in [0.1, 0.15) is 5.69 Å². The maximum atomic E-state index is 11.5. The first kappa shape index (κ1) is 11.3. The molecule has 2 aromatic heterocycles. The molecule has 0 aliphatic carbocycles. The molecule has 0 aromatic carbocycles. The Bertz CT molecular complexity index is 569. The average Bonchev–Trinajstić information content (AvgIpc) is 2.84. The largest absolute Gasteiger partial charge is 0.464 e. The molecule has 0 amide bonds. The van der Waals surface area contributed by atoms with Gasteiger partial charge in [0.25, 0.3) is 0 Å². The molecule has 0 saturated carbocycles. The maximum absolute atomic E-state index is 11.5. The highest BCUT2D eigenvalue weighted by Gasteiger charge is 2.23. The lowest BCUT2D eigenvalue weighted by atomic mass is 10.1. The molecular formula is C10H13N5O2. The summed E-state index contributed by atoms with van der Waals surface area (Å²) >= 11 is 0. The normalized spacial score (nSPS) is 10.6. The van der Waals surface area contributed by atoms with Crippen LogP contribution < -0.4 is 0 Å². The first-order valence-corrected chi connectivity index (χ1v) is 5.06. The van der Waals surface area contributed by atoms with E-state index in [1.807, 2.05) is 20.9 Å². The highest BCUT2D eigenvalue weighted by Crippen LogP contribution is 2.26. The lowest BCUT2D eigenvalue weighted by Gasteiger charge is -2.00. The summed E-state index contributed by atoms with van der Waals surface area (Å²) in [5.74, 6) is -0.517. The van der Waals surface area contributed by atoms with Crippen LogP contribution in [0.3, 0.4) is 0 Å². The fraction of sp³-hybridized carbons (Fsp3) is 0.400. The fourth-order valence-electron chi connectivity index (χ4n) is 1.76. The molecule has 0 saturated heterocycles. The number of hydrogen-bond acceptors (Lipinski definition) is 5. The van der Waals surface area contributed by atoms with Gasteiger partial charge in [-0.1, -0.05) is 0 Å². The van der Waals surface area contributed by atoms with Crippen molar-refractivity contribution in [2.45, 2.75) is 13.8 Å². The summed E-state index contributed by atoms with van der Waals surface area (Å²) in [7, 11) is 3.15.